The normalized spacial score (nSPS) is 20.3. The van der Waals surface area contributed by atoms with E-state index in [1.54, 1.807) is 0 Å². The van der Waals surface area contributed by atoms with Crippen LogP contribution in [0.5, 0.6) is 0 Å². The van der Waals surface area contributed by atoms with E-state index in [1.165, 1.54) is 6.42 Å². The van der Waals surface area contributed by atoms with E-state index in [1.807, 2.05) is 6.07 Å². The standard InChI is InChI=1S/C13H20ClN3/c1-16(2)11-5-6-17(9-11)13-4-3-10(8-15)7-12(13)14/h3-4,7,11H,5-6,8-9,15H2,1-2H3. The fourth-order valence-electron chi connectivity index (χ4n) is 2.32. The van der Waals surface area contributed by atoms with Crippen LogP contribution in [0.4, 0.5) is 5.69 Å². The lowest BCUT2D eigenvalue weighted by atomic mass is 10.2. The highest BCUT2D eigenvalue weighted by molar-refractivity contribution is 6.33. The van der Waals surface area contributed by atoms with Gasteiger partial charge in [-0.3, -0.25) is 0 Å². The molecule has 0 spiro atoms. The Morgan fingerprint density at radius 1 is 1.47 bits per heavy atom. The van der Waals surface area contributed by atoms with Gasteiger partial charge in [0.05, 0.1) is 10.7 Å². The van der Waals surface area contributed by atoms with Crippen molar-refractivity contribution in [1.29, 1.82) is 0 Å². The average Bonchev–Trinajstić information content (AvgIpc) is 2.78. The number of hydrogen-bond acceptors (Lipinski definition) is 3. The molecular formula is C13H20ClN3. The summed E-state index contributed by atoms with van der Waals surface area (Å²) in [5.41, 5.74) is 7.82. The highest BCUT2D eigenvalue weighted by atomic mass is 35.5. The average molecular weight is 254 g/mol. The van der Waals surface area contributed by atoms with E-state index in [4.69, 9.17) is 17.3 Å². The molecule has 4 heteroatoms. The molecule has 0 aliphatic carbocycles. The zero-order valence-corrected chi connectivity index (χ0v) is 11.2. The topological polar surface area (TPSA) is 32.5 Å². The fourth-order valence-corrected chi connectivity index (χ4v) is 2.64. The smallest absolute Gasteiger partial charge is 0.0642 e. The van der Waals surface area contributed by atoms with Crippen molar-refractivity contribution >= 4 is 17.3 Å². The minimum atomic E-state index is 0.542. The summed E-state index contributed by atoms with van der Waals surface area (Å²) in [6.45, 7) is 2.67. The molecule has 0 saturated carbocycles. The fraction of sp³-hybridized carbons (Fsp3) is 0.538. The molecule has 0 amide bonds. The van der Waals surface area contributed by atoms with Crippen LogP contribution in [0, 0.1) is 0 Å². The van der Waals surface area contributed by atoms with E-state index in [9.17, 15) is 0 Å². The summed E-state index contributed by atoms with van der Waals surface area (Å²) >= 11 is 6.30. The zero-order valence-electron chi connectivity index (χ0n) is 10.5. The molecule has 1 unspecified atom stereocenters. The third-order valence-corrected chi connectivity index (χ3v) is 3.78. The SMILES string of the molecule is CN(C)C1CCN(c2ccc(CN)cc2Cl)C1. The molecular weight excluding hydrogens is 234 g/mol. The van der Waals surface area contributed by atoms with Gasteiger partial charge in [0, 0.05) is 25.7 Å². The maximum Gasteiger partial charge on any atom is 0.0642 e. The Bertz CT molecular complexity index is 392. The largest absolute Gasteiger partial charge is 0.369 e. The molecule has 1 aromatic carbocycles. The molecule has 94 valence electrons. The minimum absolute atomic E-state index is 0.542. The van der Waals surface area contributed by atoms with Gasteiger partial charge in [-0.1, -0.05) is 17.7 Å². The van der Waals surface area contributed by atoms with Crippen LogP contribution in [0.15, 0.2) is 18.2 Å². The van der Waals surface area contributed by atoms with Gasteiger partial charge in [0.15, 0.2) is 0 Å². The molecule has 3 nitrogen and oxygen atoms in total. The molecule has 1 fully saturated rings. The van der Waals surface area contributed by atoms with Gasteiger partial charge in [0.2, 0.25) is 0 Å². The van der Waals surface area contributed by atoms with Crippen LogP contribution < -0.4 is 10.6 Å². The van der Waals surface area contributed by atoms with Crippen molar-refractivity contribution in [3.63, 3.8) is 0 Å². The first-order valence-electron chi connectivity index (χ1n) is 6.01. The number of nitrogens with zero attached hydrogens (tertiary/aromatic N) is 2. The van der Waals surface area contributed by atoms with E-state index in [0.717, 1.165) is 29.4 Å². The summed E-state index contributed by atoms with van der Waals surface area (Å²) in [5, 5.41) is 0.812. The number of halogens is 1. The Balaban J connectivity index is 2.13. The summed E-state index contributed by atoms with van der Waals surface area (Å²) in [6.07, 6.45) is 1.20. The van der Waals surface area contributed by atoms with Crippen LogP contribution in [-0.4, -0.2) is 38.1 Å². The quantitative estimate of drug-likeness (QED) is 0.894. The predicted octanol–water partition coefficient (Wildman–Crippen LogP) is 1.94. The second-order valence-corrected chi connectivity index (χ2v) is 5.25. The number of likely N-dealkylation sites (N-methyl/N-ethyl adjacent to an activating group) is 1. The molecule has 0 radical (unpaired) electrons. The first-order valence-corrected chi connectivity index (χ1v) is 6.39. The summed E-state index contributed by atoms with van der Waals surface area (Å²) < 4.78 is 0. The lowest BCUT2D eigenvalue weighted by molar-refractivity contribution is 0.315. The van der Waals surface area contributed by atoms with Crippen LogP contribution in [0.25, 0.3) is 0 Å². The van der Waals surface area contributed by atoms with Crippen LogP contribution in [0.1, 0.15) is 12.0 Å². The molecule has 0 bridgehead atoms. The van der Waals surface area contributed by atoms with Crippen molar-refractivity contribution in [2.45, 2.75) is 19.0 Å². The lowest BCUT2D eigenvalue weighted by Crippen LogP contribution is -2.31. The Kier molecular flexibility index (Phi) is 3.92. The van der Waals surface area contributed by atoms with Crippen molar-refractivity contribution in [3.05, 3.63) is 28.8 Å². The van der Waals surface area contributed by atoms with Gasteiger partial charge < -0.3 is 15.5 Å². The van der Waals surface area contributed by atoms with Crippen LogP contribution in [0.2, 0.25) is 5.02 Å². The Labute approximate surface area is 108 Å². The first-order chi connectivity index (χ1) is 8.11. The summed E-state index contributed by atoms with van der Waals surface area (Å²) in [7, 11) is 4.26. The molecule has 1 atom stereocenters. The molecule has 2 N–H and O–H groups in total. The highest BCUT2D eigenvalue weighted by Crippen LogP contribution is 2.30. The first kappa shape index (κ1) is 12.7. The van der Waals surface area contributed by atoms with E-state index in [-0.39, 0.29) is 0 Å². The molecule has 1 heterocycles. The maximum absolute atomic E-state index is 6.30. The van der Waals surface area contributed by atoms with Crippen molar-refractivity contribution < 1.29 is 0 Å². The second-order valence-electron chi connectivity index (χ2n) is 4.84. The lowest BCUT2D eigenvalue weighted by Gasteiger charge is -2.23. The number of anilines is 1. The third-order valence-electron chi connectivity index (χ3n) is 3.48. The van der Waals surface area contributed by atoms with Crippen LogP contribution in [-0.2, 0) is 6.54 Å². The highest BCUT2D eigenvalue weighted by Gasteiger charge is 2.25. The predicted molar refractivity (Wildman–Crippen MR) is 73.6 cm³/mol. The molecule has 1 aromatic rings. The monoisotopic (exact) mass is 253 g/mol. The van der Waals surface area contributed by atoms with Crippen LogP contribution in [0.3, 0.4) is 0 Å². The van der Waals surface area contributed by atoms with E-state index in [2.05, 4.69) is 36.0 Å². The summed E-state index contributed by atoms with van der Waals surface area (Å²) in [6, 6.07) is 6.74. The van der Waals surface area contributed by atoms with Crippen molar-refractivity contribution in [3.8, 4) is 0 Å². The molecule has 1 aliphatic heterocycles. The van der Waals surface area contributed by atoms with Gasteiger partial charge in [0.1, 0.15) is 0 Å². The molecule has 0 aromatic heterocycles. The van der Waals surface area contributed by atoms with Gasteiger partial charge in [0.25, 0.3) is 0 Å². The zero-order chi connectivity index (χ0) is 12.4. The summed E-state index contributed by atoms with van der Waals surface area (Å²) in [5.74, 6) is 0. The van der Waals surface area contributed by atoms with Crippen molar-refractivity contribution in [1.82, 2.24) is 4.90 Å². The molecule has 2 rings (SSSR count). The van der Waals surface area contributed by atoms with E-state index < -0.39 is 0 Å². The van der Waals surface area contributed by atoms with Crippen molar-refractivity contribution in [2.24, 2.45) is 5.73 Å². The third kappa shape index (κ3) is 2.73. The minimum Gasteiger partial charge on any atom is -0.369 e. The Morgan fingerprint density at radius 2 is 2.24 bits per heavy atom. The van der Waals surface area contributed by atoms with Gasteiger partial charge in [-0.05, 0) is 38.2 Å². The van der Waals surface area contributed by atoms with E-state index in [0.29, 0.717) is 12.6 Å². The summed E-state index contributed by atoms with van der Waals surface area (Å²) in [4.78, 5) is 4.63. The molecule has 1 aliphatic rings. The molecule has 17 heavy (non-hydrogen) atoms. The number of benzene rings is 1. The van der Waals surface area contributed by atoms with Gasteiger partial charge >= 0.3 is 0 Å². The second kappa shape index (κ2) is 5.25. The van der Waals surface area contributed by atoms with Crippen LogP contribution >= 0.6 is 11.6 Å². The van der Waals surface area contributed by atoms with Crippen molar-refractivity contribution in [2.75, 3.05) is 32.1 Å². The Morgan fingerprint density at radius 3 is 2.76 bits per heavy atom. The van der Waals surface area contributed by atoms with Gasteiger partial charge in [-0.25, -0.2) is 0 Å². The number of hydrogen-bond donors (Lipinski definition) is 1. The number of nitrogens with two attached hydrogens (primary N) is 1. The van der Waals surface area contributed by atoms with E-state index >= 15 is 0 Å². The van der Waals surface area contributed by atoms with Gasteiger partial charge in [-0.2, -0.15) is 0 Å². The molecule has 1 saturated heterocycles. The van der Waals surface area contributed by atoms with Gasteiger partial charge in [-0.15, -0.1) is 0 Å². The number of rotatable bonds is 3. The maximum atomic E-state index is 6.30. The Hall–Kier alpha value is -0.770.